The number of carbonyl (C=O) groups excluding carboxylic acids is 1. The third kappa shape index (κ3) is 4.01. The maximum Gasteiger partial charge on any atom is 0.357 e. The first-order valence-electron chi connectivity index (χ1n) is 8.87. The van der Waals surface area contributed by atoms with Gasteiger partial charge < -0.3 is 19.2 Å². The number of methoxy groups -OCH3 is 1. The highest BCUT2D eigenvalue weighted by atomic mass is 35.5. The van der Waals surface area contributed by atoms with Crippen molar-refractivity contribution in [2.24, 2.45) is 0 Å². The van der Waals surface area contributed by atoms with Crippen LogP contribution in [0.4, 0.5) is 0 Å². The van der Waals surface area contributed by atoms with Crippen LogP contribution in [0, 0.1) is 0 Å². The molecule has 7 heteroatoms. The lowest BCUT2D eigenvalue weighted by molar-refractivity contribution is 0.0366. The fourth-order valence-electron chi connectivity index (χ4n) is 3.06. The van der Waals surface area contributed by atoms with Gasteiger partial charge in [-0.05, 0) is 32.4 Å². The minimum Gasteiger partial charge on any atom is -0.493 e. The number of pyridine rings is 1. The summed E-state index contributed by atoms with van der Waals surface area (Å²) < 4.78 is 16.7. The van der Waals surface area contributed by atoms with Gasteiger partial charge in [-0.1, -0.05) is 6.07 Å². The molecule has 1 N–H and O–H groups in total. The van der Waals surface area contributed by atoms with Crippen molar-refractivity contribution in [2.75, 3.05) is 19.6 Å². The van der Waals surface area contributed by atoms with Gasteiger partial charge in [0.05, 0.1) is 36.5 Å². The van der Waals surface area contributed by atoms with Crippen molar-refractivity contribution in [3.05, 3.63) is 35.7 Å². The zero-order valence-corrected chi connectivity index (χ0v) is 16.4. The van der Waals surface area contributed by atoms with Gasteiger partial charge in [-0.2, -0.15) is 0 Å². The summed E-state index contributed by atoms with van der Waals surface area (Å²) in [5.41, 5.74) is 2.66. The number of fused-ring (bicyclic) bond motifs is 3. The molecule has 0 amide bonds. The van der Waals surface area contributed by atoms with E-state index < -0.39 is 5.97 Å². The first kappa shape index (κ1) is 19.5. The number of halogens is 1. The van der Waals surface area contributed by atoms with Gasteiger partial charge in [-0.15, -0.1) is 11.6 Å². The summed E-state index contributed by atoms with van der Waals surface area (Å²) in [4.78, 5) is 20.2. The van der Waals surface area contributed by atoms with E-state index in [0.717, 1.165) is 34.0 Å². The summed E-state index contributed by atoms with van der Waals surface area (Å²) >= 11 is 5.76. The molecule has 3 rings (SSSR count). The van der Waals surface area contributed by atoms with Crippen LogP contribution in [0.5, 0.6) is 5.75 Å². The van der Waals surface area contributed by atoms with Crippen LogP contribution < -0.4 is 4.74 Å². The van der Waals surface area contributed by atoms with E-state index in [9.17, 15) is 4.79 Å². The Labute approximate surface area is 162 Å². The molecule has 6 nitrogen and oxygen atoms in total. The van der Waals surface area contributed by atoms with Crippen molar-refractivity contribution in [3.8, 4) is 5.75 Å². The quantitative estimate of drug-likeness (QED) is 0.350. The zero-order valence-electron chi connectivity index (χ0n) is 15.7. The third-order valence-electron chi connectivity index (χ3n) is 4.09. The number of hydrogen-bond donors (Lipinski definition) is 1. The minimum absolute atomic E-state index is 0.232. The van der Waals surface area contributed by atoms with E-state index in [0.29, 0.717) is 18.1 Å². The van der Waals surface area contributed by atoms with Crippen LogP contribution in [0.2, 0.25) is 0 Å². The highest BCUT2D eigenvalue weighted by molar-refractivity contribution is 6.17. The molecule has 0 radical (unpaired) electrons. The second-order valence-corrected chi connectivity index (χ2v) is 6.83. The summed E-state index contributed by atoms with van der Waals surface area (Å²) in [6.07, 6.45) is 2.16. The van der Waals surface area contributed by atoms with E-state index in [1.165, 1.54) is 0 Å². The fourth-order valence-corrected chi connectivity index (χ4v) is 3.17. The molecule has 0 unspecified atom stereocenters. The molecule has 0 saturated carbocycles. The van der Waals surface area contributed by atoms with Crippen LogP contribution >= 0.6 is 11.6 Å². The molecular formula is C20H23ClN2O4. The molecule has 0 aliphatic rings. The van der Waals surface area contributed by atoms with Crippen LogP contribution in [0.3, 0.4) is 0 Å². The van der Waals surface area contributed by atoms with Crippen molar-refractivity contribution >= 4 is 39.4 Å². The lowest BCUT2D eigenvalue weighted by Crippen LogP contribution is -2.15. The molecular weight excluding hydrogens is 368 g/mol. The van der Waals surface area contributed by atoms with Crippen molar-refractivity contribution in [2.45, 2.75) is 33.0 Å². The summed E-state index contributed by atoms with van der Waals surface area (Å²) in [6.45, 7) is 4.36. The average Bonchev–Trinajstić information content (AvgIpc) is 3.01. The van der Waals surface area contributed by atoms with Crippen molar-refractivity contribution in [3.63, 3.8) is 0 Å². The monoisotopic (exact) mass is 390 g/mol. The molecule has 3 aromatic rings. The topological polar surface area (TPSA) is 73.4 Å². The number of aromatic amines is 1. The van der Waals surface area contributed by atoms with Crippen LogP contribution in [0.15, 0.2) is 24.4 Å². The number of ether oxygens (including phenoxy) is 3. The number of alkyl halides is 1. The van der Waals surface area contributed by atoms with Crippen LogP contribution in [0.25, 0.3) is 21.8 Å². The number of nitrogens with one attached hydrogen (secondary N) is 1. The lowest BCUT2D eigenvalue weighted by atomic mass is 10.0. The Kier molecular flexibility index (Phi) is 6.19. The van der Waals surface area contributed by atoms with Gasteiger partial charge in [0.1, 0.15) is 5.75 Å². The lowest BCUT2D eigenvalue weighted by Gasteiger charge is -2.13. The highest BCUT2D eigenvalue weighted by Crippen LogP contribution is 2.36. The predicted octanol–water partition coefficient (Wildman–Crippen LogP) is 4.44. The predicted molar refractivity (Wildman–Crippen MR) is 106 cm³/mol. The smallest absolute Gasteiger partial charge is 0.357 e. The maximum absolute atomic E-state index is 12.6. The molecule has 0 spiro atoms. The number of carbonyl (C=O) groups is 1. The van der Waals surface area contributed by atoms with E-state index in [1.54, 1.807) is 27.2 Å². The van der Waals surface area contributed by atoms with Crippen LogP contribution in [-0.2, 0) is 16.1 Å². The summed E-state index contributed by atoms with van der Waals surface area (Å²) in [6, 6.07) is 5.80. The Morgan fingerprint density at radius 2 is 2.07 bits per heavy atom. The molecule has 1 aromatic carbocycles. The van der Waals surface area contributed by atoms with Crippen LogP contribution in [0.1, 0.15) is 36.3 Å². The minimum atomic E-state index is -0.464. The summed E-state index contributed by atoms with van der Waals surface area (Å²) in [7, 11) is 1.59. The number of hydrogen-bond acceptors (Lipinski definition) is 5. The van der Waals surface area contributed by atoms with E-state index in [1.807, 2.05) is 18.2 Å². The van der Waals surface area contributed by atoms with E-state index in [2.05, 4.69) is 9.97 Å². The second-order valence-electron chi connectivity index (χ2n) is 6.46. The van der Waals surface area contributed by atoms with E-state index in [4.69, 9.17) is 25.8 Å². The molecule has 0 aliphatic heterocycles. The average molecular weight is 391 g/mol. The molecule has 2 aromatic heterocycles. The summed E-state index contributed by atoms with van der Waals surface area (Å²) in [5, 5.41) is 1.76. The first-order chi connectivity index (χ1) is 13.1. The SMILES string of the molecule is COCc1c(C(=O)OC(C)C)ncc2[nH]c3cccc(OCCCCl)c3c12. The summed E-state index contributed by atoms with van der Waals surface area (Å²) in [5.74, 6) is 0.804. The Morgan fingerprint density at radius 1 is 1.26 bits per heavy atom. The van der Waals surface area contributed by atoms with Gasteiger partial charge in [0, 0.05) is 29.3 Å². The van der Waals surface area contributed by atoms with Gasteiger partial charge in [-0.3, -0.25) is 0 Å². The fraction of sp³-hybridized carbons (Fsp3) is 0.400. The normalized spacial score (nSPS) is 11.4. The molecule has 144 valence electrons. The Hall–Kier alpha value is -2.31. The van der Waals surface area contributed by atoms with Crippen molar-refractivity contribution in [1.82, 2.24) is 9.97 Å². The number of benzene rings is 1. The molecule has 0 bridgehead atoms. The number of H-pyrrole nitrogens is 1. The number of esters is 1. The van der Waals surface area contributed by atoms with Crippen molar-refractivity contribution < 1.29 is 19.0 Å². The van der Waals surface area contributed by atoms with Gasteiger partial charge in [0.25, 0.3) is 0 Å². The Bertz CT molecular complexity index is 952. The molecule has 0 saturated heterocycles. The van der Waals surface area contributed by atoms with Gasteiger partial charge in [-0.25, -0.2) is 9.78 Å². The van der Waals surface area contributed by atoms with Gasteiger partial charge in [0.2, 0.25) is 0 Å². The molecule has 0 atom stereocenters. The van der Waals surface area contributed by atoms with Crippen molar-refractivity contribution in [1.29, 1.82) is 0 Å². The standard InChI is InChI=1S/C20H23ClN2O4/c1-12(2)27-20(24)19-13(11-25-3)17-15(10-22-19)23-14-6-4-7-16(18(14)17)26-9-5-8-21/h4,6-7,10,12,23H,5,8-9,11H2,1-3H3. The molecule has 0 aliphatic carbocycles. The maximum atomic E-state index is 12.6. The highest BCUT2D eigenvalue weighted by Gasteiger charge is 2.22. The Morgan fingerprint density at radius 3 is 2.78 bits per heavy atom. The number of rotatable bonds is 8. The van der Waals surface area contributed by atoms with Crippen LogP contribution in [-0.4, -0.2) is 41.6 Å². The van der Waals surface area contributed by atoms with Gasteiger partial charge in [0.15, 0.2) is 5.69 Å². The molecule has 2 heterocycles. The number of nitrogens with zero attached hydrogens (tertiary/aromatic N) is 1. The molecule has 27 heavy (non-hydrogen) atoms. The largest absolute Gasteiger partial charge is 0.493 e. The van der Waals surface area contributed by atoms with E-state index in [-0.39, 0.29) is 18.4 Å². The zero-order chi connectivity index (χ0) is 19.4. The third-order valence-corrected chi connectivity index (χ3v) is 4.35. The van der Waals surface area contributed by atoms with E-state index >= 15 is 0 Å². The second kappa shape index (κ2) is 8.59. The van der Waals surface area contributed by atoms with Gasteiger partial charge >= 0.3 is 5.97 Å². The number of aromatic nitrogens is 2. The first-order valence-corrected chi connectivity index (χ1v) is 9.41. The molecule has 0 fully saturated rings. The Balaban J connectivity index is 2.21.